The average Bonchev–Trinajstić information content (AvgIpc) is 3.30. The largest absolute Gasteiger partial charge is 0.361 e. The van der Waals surface area contributed by atoms with E-state index in [2.05, 4.69) is 68.4 Å². The van der Waals surface area contributed by atoms with Crippen LogP contribution in [0.15, 0.2) is 43.1 Å². The van der Waals surface area contributed by atoms with E-state index >= 15 is 0 Å². The summed E-state index contributed by atoms with van der Waals surface area (Å²) in [4.78, 5) is 34.4. The van der Waals surface area contributed by atoms with Gasteiger partial charge < -0.3 is 14.8 Å². The summed E-state index contributed by atoms with van der Waals surface area (Å²) in [5.74, 6) is 1.65. The Balaban J connectivity index is 1.61. The number of aromatic nitrogens is 4. The standard InChI is InChI=1S/C27H30N6O/c1-6-23-30-26-20(27(31-23)32-12-13-33(17(4)15-32)24(34)7-2)8-9-21(29-26)25-18(5)16(3)14-22-19(25)10-11-28-22/h7-11,14,17,28H,2,6,12-13,15H2,1,3-5H3. The Morgan fingerprint density at radius 3 is 2.74 bits per heavy atom. The second-order valence-electron chi connectivity index (χ2n) is 9.05. The molecule has 0 radical (unpaired) electrons. The lowest BCUT2D eigenvalue weighted by molar-refractivity contribution is -0.128. The van der Waals surface area contributed by atoms with Crippen molar-refractivity contribution in [3.8, 4) is 11.3 Å². The summed E-state index contributed by atoms with van der Waals surface area (Å²) in [6.07, 6.45) is 4.09. The number of pyridine rings is 1. The van der Waals surface area contributed by atoms with Crippen LogP contribution in [0.25, 0.3) is 33.2 Å². The molecule has 1 fully saturated rings. The van der Waals surface area contributed by atoms with Crippen molar-refractivity contribution < 1.29 is 4.79 Å². The molecule has 3 aromatic heterocycles. The van der Waals surface area contributed by atoms with Crippen molar-refractivity contribution in [3.05, 3.63) is 60.1 Å². The summed E-state index contributed by atoms with van der Waals surface area (Å²) >= 11 is 0. The van der Waals surface area contributed by atoms with Crippen molar-refractivity contribution in [2.45, 2.75) is 40.2 Å². The number of hydrogen-bond acceptors (Lipinski definition) is 5. The highest BCUT2D eigenvalue weighted by molar-refractivity contribution is 5.98. The smallest absolute Gasteiger partial charge is 0.246 e. The van der Waals surface area contributed by atoms with Gasteiger partial charge in [0.05, 0.1) is 11.1 Å². The van der Waals surface area contributed by atoms with Crippen LogP contribution in [0.1, 0.15) is 30.8 Å². The van der Waals surface area contributed by atoms with Crippen LogP contribution in [0.5, 0.6) is 0 Å². The minimum atomic E-state index is -0.0233. The predicted molar refractivity (Wildman–Crippen MR) is 137 cm³/mol. The van der Waals surface area contributed by atoms with Gasteiger partial charge in [0.25, 0.3) is 0 Å². The molecule has 1 aliphatic rings. The summed E-state index contributed by atoms with van der Waals surface area (Å²) < 4.78 is 0. The van der Waals surface area contributed by atoms with E-state index in [1.807, 2.05) is 11.1 Å². The maximum Gasteiger partial charge on any atom is 0.246 e. The molecule has 1 unspecified atom stereocenters. The summed E-state index contributed by atoms with van der Waals surface area (Å²) in [6.45, 7) is 14.1. The molecule has 7 heteroatoms. The number of benzene rings is 1. The van der Waals surface area contributed by atoms with E-state index in [1.54, 1.807) is 0 Å². The molecule has 7 nitrogen and oxygen atoms in total. The number of H-pyrrole nitrogens is 1. The topological polar surface area (TPSA) is 78.0 Å². The number of hydrogen-bond donors (Lipinski definition) is 1. The Morgan fingerprint density at radius 2 is 2.00 bits per heavy atom. The van der Waals surface area contributed by atoms with Crippen LogP contribution in [-0.4, -0.2) is 56.4 Å². The third kappa shape index (κ3) is 3.61. The molecule has 5 rings (SSSR count). The molecular weight excluding hydrogens is 424 g/mol. The number of fused-ring (bicyclic) bond motifs is 2. The summed E-state index contributed by atoms with van der Waals surface area (Å²) in [7, 11) is 0. The van der Waals surface area contributed by atoms with Crippen LogP contribution in [0.2, 0.25) is 0 Å². The predicted octanol–water partition coefficient (Wildman–Crippen LogP) is 4.58. The van der Waals surface area contributed by atoms with E-state index in [1.165, 1.54) is 17.2 Å². The molecule has 34 heavy (non-hydrogen) atoms. The highest BCUT2D eigenvalue weighted by Gasteiger charge is 2.28. The number of carbonyl (C=O) groups excluding carboxylic acids is 1. The molecule has 4 aromatic rings. The number of aromatic amines is 1. The number of piperazine rings is 1. The van der Waals surface area contributed by atoms with Crippen LogP contribution in [0.4, 0.5) is 5.82 Å². The van der Waals surface area contributed by atoms with Gasteiger partial charge in [-0.1, -0.05) is 13.5 Å². The molecule has 174 valence electrons. The van der Waals surface area contributed by atoms with E-state index < -0.39 is 0 Å². The fraction of sp³-hybridized carbons (Fsp3) is 0.333. The van der Waals surface area contributed by atoms with Crippen molar-refractivity contribution in [2.24, 2.45) is 0 Å². The summed E-state index contributed by atoms with van der Waals surface area (Å²) in [5.41, 5.74) is 6.33. The zero-order valence-corrected chi connectivity index (χ0v) is 20.2. The maximum atomic E-state index is 12.2. The number of nitrogens with zero attached hydrogens (tertiary/aromatic N) is 5. The minimum absolute atomic E-state index is 0.0233. The third-order valence-electron chi connectivity index (χ3n) is 6.92. The van der Waals surface area contributed by atoms with Gasteiger partial charge in [-0.05, 0) is 62.2 Å². The molecule has 1 atom stereocenters. The fourth-order valence-electron chi connectivity index (χ4n) is 4.94. The Kier molecular flexibility index (Phi) is 5.55. The van der Waals surface area contributed by atoms with Crippen molar-refractivity contribution in [3.63, 3.8) is 0 Å². The molecule has 0 spiro atoms. The van der Waals surface area contributed by atoms with Crippen molar-refractivity contribution in [2.75, 3.05) is 24.5 Å². The molecule has 1 amide bonds. The van der Waals surface area contributed by atoms with Crippen molar-refractivity contribution in [1.82, 2.24) is 24.8 Å². The lowest BCUT2D eigenvalue weighted by Gasteiger charge is -2.40. The quantitative estimate of drug-likeness (QED) is 0.457. The van der Waals surface area contributed by atoms with Gasteiger partial charge >= 0.3 is 0 Å². The zero-order chi connectivity index (χ0) is 24.0. The Hall–Kier alpha value is -3.74. The molecule has 1 N–H and O–H groups in total. The zero-order valence-electron chi connectivity index (χ0n) is 20.2. The first-order valence-electron chi connectivity index (χ1n) is 11.8. The number of carbonyl (C=O) groups is 1. The third-order valence-corrected chi connectivity index (χ3v) is 6.92. The number of amides is 1. The average molecular weight is 455 g/mol. The minimum Gasteiger partial charge on any atom is -0.361 e. The lowest BCUT2D eigenvalue weighted by Crippen LogP contribution is -2.54. The van der Waals surface area contributed by atoms with Crippen molar-refractivity contribution >= 4 is 33.7 Å². The van der Waals surface area contributed by atoms with Crippen LogP contribution in [0, 0.1) is 13.8 Å². The van der Waals surface area contributed by atoms with Crippen LogP contribution in [-0.2, 0) is 11.2 Å². The summed E-state index contributed by atoms with van der Waals surface area (Å²) in [6, 6.07) is 8.53. The molecule has 1 aliphatic heterocycles. The fourth-order valence-corrected chi connectivity index (χ4v) is 4.94. The van der Waals surface area contributed by atoms with Crippen LogP contribution >= 0.6 is 0 Å². The van der Waals surface area contributed by atoms with E-state index in [9.17, 15) is 4.79 Å². The highest BCUT2D eigenvalue weighted by Crippen LogP contribution is 2.34. The molecule has 1 saturated heterocycles. The Bertz CT molecular complexity index is 1420. The number of rotatable bonds is 4. The van der Waals surface area contributed by atoms with Gasteiger partial charge in [-0.3, -0.25) is 4.79 Å². The van der Waals surface area contributed by atoms with Gasteiger partial charge in [0, 0.05) is 54.8 Å². The monoisotopic (exact) mass is 454 g/mol. The van der Waals surface area contributed by atoms with Crippen LogP contribution < -0.4 is 4.90 Å². The Morgan fingerprint density at radius 1 is 1.18 bits per heavy atom. The summed E-state index contributed by atoms with van der Waals surface area (Å²) in [5, 5.41) is 2.10. The van der Waals surface area contributed by atoms with Gasteiger partial charge in [0.1, 0.15) is 11.6 Å². The Labute approximate surface area is 199 Å². The van der Waals surface area contributed by atoms with Crippen molar-refractivity contribution in [1.29, 1.82) is 0 Å². The molecule has 0 aliphatic carbocycles. The first-order valence-corrected chi connectivity index (χ1v) is 11.8. The number of nitrogens with one attached hydrogen (secondary N) is 1. The SMILES string of the molecule is C=CC(=O)N1CCN(c2nc(CC)nc3nc(-c4c(C)c(C)cc5[nH]ccc45)ccc23)CC1C. The van der Waals surface area contributed by atoms with Gasteiger partial charge in [0.15, 0.2) is 5.65 Å². The lowest BCUT2D eigenvalue weighted by atomic mass is 9.96. The second-order valence-corrected chi connectivity index (χ2v) is 9.05. The van der Waals surface area contributed by atoms with Gasteiger partial charge in [-0.2, -0.15) is 0 Å². The molecule has 4 heterocycles. The molecule has 0 saturated carbocycles. The first-order chi connectivity index (χ1) is 16.4. The number of anilines is 1. The van der Waals surface area contributed by atoms with E-state index in [4.69, 9.17) is 15.0 Å². The normalized spacial score (nSPS) is 16.4. The van der Waals surface area contributed by atoms with Gasteiger partial charge in [-0.15, -0.1) is 0 Å². The number of aryl methyl sites for hydroxylation is 2. The van der Waals surface area contributed by atoms with Crippen LogP contribution in [0.3, 0.4) is 0 Å². The molecule has 1 aromatic carbocycles. The highest BCUT2D eigenvalue weighted by atomic mass is 16.2. The maximum absolute atomic E-state index is 12.2. The second kappa shape index (κ2) is 8.56. The van der Waals surface area contributed by atoms with Gasteiger partial charge in [0.2, 0.25) is 5.91 Å². The first kappa shape index (κ1) is 22.1. The van der Waals surface area contributed by atoms with Gasteiger partial charge in [-0.25, -0.2) is 15.0 Å². The van der Waals surface area contributed by atoms with E-state index in [0.29, 0.717) is 25.3 Å². The molecular formula is C27H30N6O. The molecule has 0 bridgehead atoms. The van der Waals surface area contributed by atoms with E-state index in [0.717, 1.165) is 45.6 Å². The van der Waals surface area contributed by atoms with E-state index in [-0.39, 0.29) is 11.9 Å².